The number of carboxylic acid groups (broad SMARTS) is 1. The lowest BCUT2D eigenvalue weighted by molar-refractivity contribution is -0.148. The third-order valence-electron chi connectivity index (χ3n) is 5.09. The van der Waals surface area contributed by atoms with E-state index >= 15 is 0 Å². The number of fused-ring (bicyclic) bond motifs is 1. The molecule has 0 radical (unpaired) electrons. The van der Waals surface area contributed by atoms with Crippen LogP contribution in [0.25, 0.3) is 11.0 Å². The number of benzene rings is 2. The number of carboxylic acids is 1. The van der Waals surface area contributed by atoms with Gasteiger partial charge in [-0.15, -0.1) is 0 Å². The third-order valence-corrected chi connectivity index (χ3v) is 5.09. The highest BCUT2D eigenvalue weighted by molar-refractivity contribution is 6.11. The molecule has 2 atom stereocenters. The Bertz CT molecular complexity index is 977. The van der Waals surface area contributed by atoms with Gasteiger partial charge in [0.1, 0.15) is 11.2 Å². The zero-order valence-electron chi connectivity index (χ0n) is 14.3. The smallest absolute Gasteiger partial charge is 0.319 e. The summed E-state index contributed by atoms with van der Waals surface area (Å²) in [5.74, 6) is -0.800. The van der Waals surface area contributed by atoms with Crippen LogP contribution in [0.15, 0.2) is 48.5 Å². The van der Waals surface area contributed by atoms with E-state index in [1.165, 1.54) is 0 Å². The van der Waals surface area contributed by atoms with Gasteiger partial charge >= 0.3 is 5.97 Å². The normalized spacial score (nSPS) is 21.5. The highest BCUT2D eigenvalue weighted by Gasteiger charge is 2.63. The van der Waals surface area contributed by atoms with Crippen molar-refractivity contribution in [2.45, 2.75) is 19.8 Å². The number of nitrogens with zero attached hydrogens (tertiary/aromatic N) is 1. The van der Waals surface area contributed by atoms with E-state index < -0.39 is 17.3 Å². The number of para-hydroxylation sites is 2. The largest absolute Gasteiger partial charge is 0.480 e. The summed E-state index contributed by atoms with van der Waals surface area (Å²) in [4.78, 5) is 31.7. The molecule has 6 heteroatoms. The predicted octanol–water partition coefficient (Wildman–Crippen LogP) is 3.20. The summed E-state index contributed by atoms with van der Waals surface area (Å²) < 4.78 is 0. The van der Waals surface area contributed by atoms with Crippen LogP contribution in [0.3, 0.4) is 0 Å². The molecule has 1 amide bonds. The van der Waals surface area contributed by atoms with Crippen LogP contribution in [0.2, 0.25) is 0 Å². The second-order valence-corrected chi connectivity index (χ2v) is 6.91. The summed E-state index contributed by atoms with van der Waals surface area (Å²) in [6.07, 6.45) is 0.978. The Labute approximate surface area is 150 Å². The maximum absolute atomic E-state index is 12.4. The Morgan fingerprint density at radius 1 is 1.27 bits per heavy atom. The number of H-pyrrole nitrogens is 1. The minimum absolute atomic E-state index is 0.140. The Hall–Kier alpha value is -3.15. The number of nitrogens with one attached hydrogen (secondary N) is 2. The number of amides is 1. The summed E-state index contributed by atoms with van der Waals surface area (Å²) >= 11 is 0. The van der Waals surface area contributed by atoms with Crippen molar-refractivity contribution in [3.05, 3.63) is 59.9 Å². The van der Waals surface area contributed by atoms with Crippen LogP contribution in [-0.4, -0.2) is 27.0 Å². The van der Waals surface area contributed by atoms with Gasteiger partial charge in [0.25, 0.3) is 0 Å². The first-order chi connectivity index (χ1) is 12.5. The van der Waals surface area contributed by atoms with Gasteiger partial charge < -0.3 is 15.4 Å². The molecular weight excluding hydrogens is 330 g/mol. The molecule has 1 fully saturated rings. The first-order valence-corrected chi connectivity index (χ1v) is 8.56. The van der Waals surface area contributed by atoms with Gasteiger partial charge in [0.05, 0.1) is 11.0 Å². The van der Waals surface area contributed by atoms with Crippen molar-refractivity contribution >= 4 is 28.6 Å². The van der Waals surface area contributed by atoms with Crippen LogP contribution in [0.1, 0.15) is 24.7 Å². The van der Waals surface area contributed by atoms with Crippen LogP contribution >= 0.6 is 0 Å². The Morgan fingerprint density at radius 3 is 2.73 bits per heavy atom. The monoisotopic (exact) mass is 349 g/mol. The van der Waals surface area contributed by atoms with E-state index in [1.807, 2.05) is 42.5 Å². The standard InChI is InChI=1S/C20H19N3O3/c1-12-11-20(12,19(25)26)18(24)21-14-6-4-5-13(9-14)10-17-22-15-7-2-3-8-16(15)23-17/h2-9,12H,10-11H2,1H3,(H,21,24)(H,22,23)(H,25,26)/t12-,20+/m1/s1. The minimum atomic E-state index is -1.28. The molecule has 3 N–H and O–H groups in total. The highest BCUT2D eigenvalue weighted by atomic mass is 16.4. The molecule has 3 aromatic rings. The molecular formula is C20H19N3O3. The Balaban J connectivity index is 1.51. The van der Waals surface area contributed by atoms with Gasteiger partial charge in [0.15, 0.2) is 0 Å². The summed E-state index contributed by atoms with van der Waals surface area (Å²) in [5.41, 5.74) is 2.20. The molecule has 4 rings (SSSR count). The second kappa shape index (κ2) is 5.98. The number of carbonyl (C=O) groups excluding carboxylic acids is 1. The van der Waals surface area contributed by atoms with Gasteiger partial charge in [-0.05, 0) is 42.2 Å². The molecule has 1 aliphatic carbocycles. The lowest BCUT2D eigenvalue weighted by Gasteiger charge is -2.12. The van der Waals surface area contributed by atoms with Crippen molar-refractivity contribution in [2.24, 2.45) is 11.3 Å². The van der Waals surface area contributed by atoms with Crippen molar-refractivity contribution in [3.63, 3.8) is 0 Å². The summed E-state index contributed by atoms with van der Waals surface area (Å²) in [7, 11) is 0. The van der Waals surface area contributed by atoms with Crippen LogP contribution in [0, 0.1) is 11.3 Å². The van der Waals surface area contributed by atoms with Crippen LogP contribution < -0.4 is 5.32 Å². The quantitative estimate of drug-likeness (QED) is 0.617. The molecule has 2 aromatic carbocycles. The number of hydrogen-bond acceptors (Lipinski definition) is 3. The van der Waals surface area contributed by atoms with Crippen molar-refractivity contribution in [1.29, 1.82) is 0 Å². The van der Waals surface area contributed by atoms with E-state index in [2.05, 4.69) is 15.3 Å². The molecule has 1 aliphatic rings. The Kier molecular flexibility index (Phi) is 3.76. The number of aromatic amines is 1. The number of rotatable bonds is 5. The minimum Gasteiger partial charge on any atom is -0.480 e. The van der Waals surface area contributed by atoms with Gasteiger partial charge in [-0.2, -0.15) is 0 Å². The maximum Gasteiger partial charge on any atom is 0.319 e. The average Bonchev–Trinajstić information content (AvgIpc) is 3.14. The predicted molar refractivity (Wildman–Crippen MR) is 97.8 cm³/mol. The molecule has 1 saturated carbocycles. The van der Waals surface area contributed by atoms with Gasteiger partial charge in [-0.1, -0.05) is 31.2 Å². The summed E-state index contributed by atoms with van der Waals surface area (Å²) in [6, 6.07) is 15.2. The molecule has 6 nitrogen and oxygen atoms in total. The summed E-state index contributed by atoms with van der Waals surface area (Å²) in [6.45, 7) is 1.78. The number of anilines is 1. The van der Waals surface area contributed by atoms with Crippen LogP contribution in [0.5, 0.6) is 0 Å². The van der Waals surface area contributed by atoms with E-state index in [1.54, 1.807) is 13.0 Å². The summed E-state index contributed by atoms with van der Waals surface area (Å²) in [5, 5.41) is 12.1. The van der Waals surface area contributed by atoms with Gasteiger partial charge in [-0.25, -0.2) is 4.98 Å². The van der Waals surface area contributed by atoms with Gasteiger partial charge in [0, 0.05) is 12.1 Å². The maximum atomic E-state index is 12.4. The average molecular weight is 349 g/mol. The molecule has 0 unspecified atom stereocenters. The fourth-order valence-corrected chi connectivity index (χ4v) is 3.42. The van der Waals surface area contributed by atoms with E-state index in [9.17, 15) is 14.7 Å². The number of aromatic nitrogens is 2. The zero-order chi connectivity index (χ0) is 18.3. The van der Waals surface area contributed by atoms with Gasteiger partial charge in [-0.3, -0.25) is 9.59 Å². The van der Waals surface area contributed by atoms with Crippen molar-refractivity contribution < 1.29 is 14.7 Å². The third kappa shape index (κ3) is 2.73. The van der Waals surface area contributed by atoms with Gasteiger partial charge in [0.2, 0.25) is 5.91 Å². The number of hydrogen-bond donors (Lipinski definition) is 3. The Morgan fingerprint density at radius 2 is 2.04 bits per heavy atom. The first kappa shape index (κ1) is 16.3. The topological polar surface area (TPSA) is 95.1 Å². The highest BCUT2D eigenvalue weighted by Crippen LogP contribution is 2.53. The fraction of sp³-hybridized carbons (Fsp3) is 0.250. The SMILES string of the molecule is C[C@@H]1C[C@@]1(C(=O)O)C(=O)Nc1cccc(Cc2nc3ccccc3[nH]2)c1. The van der Waals surface area contributed by atoms with E-state index in [4.69, 9.17) is 0 Å². The molecule has 26 heavy (non-hydrogen) atoms. The number of imidazole rings is 1. The van der Waals surface area contributed by atoms with Crippen molar-refractivity contribution in [2.75, 3.05) is 5.32 Å². The zero-order valence-corrected chi connectivity index (χ0v) is 14.3. The molecule has 1 heterocycles. The fourth-order valence-electron chi connectivity index (χ4n) is 3.42. The molecule has 0 aliphatic heterocycles. The molecule has 0 bridgehead atoms. The molecule has 1 aromatic heterocycles. The van der Waals surface area contributed by atoms with E-state index in [0.717, 1.165) is 22.4 Å². The first-order valence-electron chi connectivity index (χ1n) is 8.56. The molecule has 132 valence electrons. The van der Waals surface area contributed by atoms with Crippen molar-refractivity contribution in [3.8, 4) is 0 Å². The van der Waals surface area contributed by atoms with E-state index in [-0.39, 0.29) is 5.92 Å². The number of aliphatic carboxylic acids is 1. The van der Waals surface area contributed by atoms with Crippen molar-refractivity contribution in [1.82, 2.24) is 9.97 Å². The molecule has 0 spiro atoms. The van der Waals surface area contributed by atoms with E-state index in [0.29, 0.717) is 18.5 Å². The second-order valence-electron chi connectivity index (χ2n) is 6.91. The lowest BCUT2D eigenvalue weighted by Crippen LogP contribution is -2.32. The lowest BCUT2D eigenvalue weighted by atomic mass is 10.0. The number of carbonyl (C=O) groups is 2. The van der Waals surface area contributed by atoms with Crippen LogP contribution in [-0.2, 0) is 16.0 Å². The van der Waals surface area contributed by atoms with Crippen LogP contribution in [0.4, 0.5) is 5.69 Å². The molecule has 0 saturated heterocycles.